The van der Waals surface area contributed by atoms with Crippen molar-refractivity contribution in [2.45, 2.75) is 11.8 Å². The fourth-order valence-corrected chi connectivity index (χ4v) is 3.72. The highest BCUT2D eigenvalue weighted by Crippen LogP contribution is 2.28. The van der Waals surface area contributed by atoms with Gasteiger partial charge in [-0.3, -0.25) is 0 Å². The summed E-state index contributed by atoms with van der Waals surface area (Å²) in [5.74, 6) is 0.157. The molecule has 8 heteroatoms. The van der Waals surface area contributed by atoms with Gasteiger partial charge in [-0.15, -0.1) is 0 Å². The Bertz CT molecular complexity index is 936. The van der Waals surface area contributed by atoms with Crippen molar-refractivity contribution >= 4 is 38.5 Å². The number of hydrogen-bond acceptors (Lipinski definition) is 5. The lowest BCUT2D eigenvalue weighted by molar-refractivity contribution is 0.588. The third-order valence-corrected chi connectivity index (χ3v) is 4.94. The van der Waals surface area contributed by atoms with E-state index in [-0.39, 0.29) is 21.6 Å². The fraction of sp³-hybridized carbons (Fsp3) is 0.0769. The Morgan fingerprint density at radius 1 is 1.19 bits per heavy atom. The molecule has 6 nitrogen and oxygen atoms in total. The first kappa shape index (κ1) is 13.8. The zero-order valence-electron chi connectivity index (χ0n) is 11.0. The highest BCUT2D eigenvalue weighted by Gasteiger charge is 2.22. The first-order chi connectivity index (χ1) is 9.91. The molecule has 0 aliphatic carbocycles. The molecule has 0 aliphatic rings. The highest BCUT2D eigenvalue weighted by molar-refractivity contribution is 7.90. The summed E-state index contributed by atoms with van der Waals surface area (Å²) in [5, 5.41) is 0.390. The summed E-state index contributed by atoms with van der Waals surface area (Å²) in [4.78, 5) is 8.02. The zero-order chi connectivity index (χ0) is 15.2. The van der Waals surface area contributed by atoms with E-state index >= 15 is 0 Å². The first-order valence-electron chi connectivity index (χ1n) is 6.02. The smallest absolute Gasteiger partial charge is 0.269 e. The van der Waals surface area contributed by atoms with Gasteiger partial charge in [0.2, 0.25) is 5.28 Å². The maximum absolute atomic E-state index is 12.7. The van der Waals surface area contributed by atoms with Crippen molar-refractivity contribution in [3.8, 4) is 0 Å². The third-order valence-electron chi connectivity index (χ3n) is 3.10. The average Bonchev–Trinajstić information content (AvgIpc) is 2.77. The lowest BCUT2D eigenvalue weighted by Crippen LogP contribution is -2.12. The number of rotatable bonds is 2. The van der Waals surface area contributed by atoms with Gasteiger partial charge in [-0.05, 0) is 36.2 Å². The van der Waals surface area contributed by atoms with Gasteiger partial charge in [-0.25, -0.2) is 17.4 Å². The van der Waals surface area contributed by atoms with Crippen LogP contribution in [0.2, 0.25) is 5.28 Å². The molecule has 0 radical (unpaired) electrons. The predicted octanol–water partition coefficient (Wildman–Crippen LogP) is 2.21. The molecule has 0 atom stereocenters. The largest absolute Gasteiger partial charge is 0.383 e. The molecule has 0 spiro atoms. The van der Waals surface area contributed by atoms with Crippen LogP contribution in [0.5, 0.6) is 0 Å². The number of anilines is 1. The quantitative estimate of drug-likeness (QED) is 0.730. The summed E-state index contributed by atoms with van der Waals surface area (Å²) in [6.45, 7) is 1.74. The highest BCUT2D eigenvalue weighted by atomic mass is 35.5. The molecule has 1 aromatic carbocycles. The van der Waals surface area contributed by atoms with Gasteiger partial charge < -0.3 is 5.73 Å². The van der Waals surface area contributed by atoms with Crippen molar-refractivity contribution in [1.82, 2.24) is 13.9 Å². The van der Waals surface area contributed by atoms with Gasteiger partial charge in [-0.1, -0.05) is 18.2 Å². The predicted molar refractivity (Wildman–Crippen MR) is 80.7 cm³/mol. The summed E-state index contributed by atoms with van der Waals surface area (Å²) in [6, 6.07) is 8.09. The Labute approximate surface area is 126 Å². The topological polar surface area (TPSA) is 90.9 Å². The number of nitrogens with zero attached hydrogens (tertiary/aromatic N) is 3. The molecule has 0 bridgehead atoms. The molecule has 0 fully saturated rings. The second-order valence-corrected chi connectivity index (χ2v) is 6.66. The second-order valence-electron chi connectivity index (χ2n) is 4.50. The number of fused-ring (bicyclic) bond motifs is 1. The van der Waals surface area contributed by atoms with E-state index in [0.29, 0.717) is 10.9 Å². The van der Waals surface area contributed by atoms with Crippen molar-refractivity contribution in [3.05, 3.63) is 47.4 Å². The Kier molecular flexibility index (Phi) is 3.11. The summed E-state index contributed by atoms with van der Waals surface area (Å²) in [6.07, 6.45) is 1.47. The molecule has 2 N–H and O–H groups in total. The van der Waals surface area contributed by atoms with E-state index in [0.717, 1.165) is 3.97 Å². The molecule has 2 aromatic heterocycles. The molecule has 0 unspecified atom stereocenters. The van der Waals surface area contributed by atoms with Crippen molar-refractivity contribution in [3.63, 3.8) is 0 Å². The van der Waals surface area contributed by atoms with E-state index in [9.17, 15) is 8.42 Å². The monoisotopic (exact) mass is 322 g/mol. The Hall–Kier alpha value is -2.12. The van der Waals surface area contributed by atoms with E-state index in [2.05, 4.69) is 9.97 Å². The number of hydrogen-bond donors (Lipinski definition) is 1. The lowest BCUT2D eigenvalue weighted by Gasteiger charge is -2.07. The number of nitrogen functional groups attached to an aromatic ring is 1. The van der Waals surface area contributed by atoms with Crippen LogP contribution in [0, 0.1) is 6.92 Å². The summed E-state index contributed by atoms with van der Waals surface area (Å²) in [5.41, 5.74) is 6.65. The molecule has 2 heterocycles. The Balaban J connectivity index is 2.37. The van der Waals surface area contributed by atoms with Gasteiger partial charge in [-0.2, -0.15) is 4.98 Å². The lowest BCUT2D eigenvalue weighted by atomic mass is 10.2. The molecule has 0 saturated heterocycles. The number of nitrogens with two attached hydrogens (primary N) is 1. The number of halogens is 1. The van der Waals surface area contributed by atoms with E-state index in [1.807, 2.05) is 0 Å². The maximum atomic E-state index is 12.7. The standard InChI is InChI=1S/C13H11ClN4O2S/c1-8-7-18(12-10(8)11(15)16-13(14)17-12)21(19,20)9-5-3-2-4-6-9/h2-7H,1H3,(H2,15,16,17). The molecule has 0 aliphatic heterocycles. The van der Waals surface area contributed by atoms with Crippen LogP contribution in [0.4, 0.5) is 5.82 Å². The zero-order valence-corrected chi connectivity index (χ0v) is 12.6. The van der Waals surface area contributed by atoms with Gasteiger partial charge in [0.1, 0.15) is 5.82 Å². The molecular formula is C13H11ClN4O2S. The van der Waals surface area contributed by atoms with Crippen LogP contribution in [-0.4, -0.2) is 22.4 Å². The van der Waals surface area contributed by atoms with Crippen LogP contribution in [0.3, 0.4) is 0 Å². The molecule has 0 saturated carbocycles. The number of aromatic nitrogens is 3. The van der Waals surface area contributed by atoms with Crippen molar-refractivity contribution < 1.29 is 8.42 Å². The minimum absolute atomic E-state index is 0.0948. The second kappa shape index (κ2) is 4.71. The van der Waals surface area contributed by atoms with E-state index in [1.165, 1.54) is 18.3 Å². The number of aryl methyl sites for hydroxylation is 1. The SMILES string of the molecule is Cc1cn(S(=O)(=O)c2ccccc2)c2nc(Cl)nc(N)c12. The van der Waals surface area contributed by atoms with Crippen molar-refractivity contribution in [2.75, 3.05) is 5.73 Å². The van der Waals surface area contributed by atoms with Crippen LogP contribution in [0.15, 0.2) is 41.4 Å². The summed E-state index contributed by atoms with van der Waals surface area (Å²) >= 11 is 5.79. The number of benzene rings is 1. The molecular weight excluding hydrogens is 312 g/mol. The van der Waals surface area contributed by atoms with Crippen LogP contribution in [0.25, 0.3) is 11.0 Å². The van der Waals surface area contributed by atoms with Gasteiger partial charge in [0.15, 0.2) is 5.65 Å². The Morgan fingerprint density at radius 2 is 1.86 bits per heavy atom. The van der Waals surface area contributed by atoms with Crippen LogP contribution < -0.4 is 5.73 Å². The van der Waals surface area contributed by atoms with Gasteiger partial charge in [0, 0.05) is 6.20 Å². The first-order valence-corrected chi connectivity index (χ1v) is 7.84. The van der Waals surface area contributed by atoms with Crippen LogP contribution in [-0.2, 0) is 10.0 Å². The molecule has 3 rings (SSSR count). The van der Waals surface area contributed by atoms with E-state index < -0.39 is 10.0 Å². The summed E-state index contributed by atoms with van der Waals surface area (Å²) < 4.78 is 26.5. The van der Waals surface area contributed by atoms with Gasteiger partial charge in [0.25, 0.3) is 10.0 Å². The summed E-state index contributed by atoms with van der Waals surface area (Å²) in [7, 11) is -3.77. The van der Waals surface area contributed by atoms with Crippen LogP contribution in [0.1, 0.15) is 5.56 Å². The molecule has 3 aromatic rings. The third kappa shape index (κ3) is 2.14. The van der Waals surface area contributed by atoms with Crippen molar-refractivity contribution in [2.24, 2.45) is 0 Å². The van der Waals surface area contributed by atoms with E-state index in [4.69, 9.17) is 17.3 Å². The Morgan fingerprint density at radius 3 is 2.52 bits per heavy atom. The molecule has 108 valence electrons. The minimum atomic E-state index is -3.77. The van der Waals surface area contributed by atoms with Gasteiger partial charge >= 0.3 is 0 Å². The van der Waals surface area contributed by atoms with E-state index in [1.54, 1.807) is 25.1 Å². The normalized spacial score (nSPS) is 11.9. The average molecular weight is 323 g/mol. The minimum Gasteiger partial charge on any atom is -0.383 e. The maximum Gasteiger partial charge on any atom is 0.269 e. The fourth-order valence-electron chi connectivity index (χ4n) is 2.17. The molecule has 21 heavy (non-hydrogen) atoms. The van der Waals surface area contributed by atoms with Gasteiger partial charge in [0.05, 0.1) is 10.3 Å². The van der Waals surface area contributed by atoms with Crippen LogP contribution >= 0.6 is 11.6 Å². The molecule has 0 amide bonds. The van der Waals surface area contributed by atoms with Crippen molar-refractivity contribution in [1.29, 1.82) is 0 Å².